The molecule has 0 saturated heterocycles. The normalized spacial score (nSPS) is 11.0. The fourth-order valence-electron chi connectivity index (χ4n) is 2.94. The van der Waals surface area contributed by atoms with Crippen LogP contribution in [-0.4, -0.2) is 5.78 Å². The molecule has 106 valence electrons. The first-order valence-electron chi connectivity index (χ1n) is 7.08. The summed E-state index contributed by atoms with van der Waals surface area (Å²) in [5, 5.41) is 0.973. The quantitative estimate of drug-likeness (QED) is 0.624. The SMILES string of the molecule is Cc1cc(C)c(C(=O)c2cc3cc(C)ccc3o2)c(C)c1. The van der Waals surface area contributed by atoms with E-state index < -0.39 is 0 Å². The molecule has 0 unspecified atom stereocenters. The van der Waals surface area contributed by atoms with Crippen molar-refractivity contribution in [1.29, 1.82) is 0 Å². The molecule has 2 nitrogen and oxygen atoms in total. The molecule has 1 heterocycles. The molecule has 3 rings (SSSR count). The van der Waals surface area contributed by atoms with E-state index in [1.165, 1.54) is 5.56 Å². The number of ketones is 1. The van der Waals surface area contributed by atoms with Crippen molar-refractivity contribution >= 4 is 16.8 Å². The third kappa shape index (κ3) is 2.38. The van der Waals surface area contributed by atoms with Crippen LogP contribution in [0.25, 0.3) is 11.0 Å². The highest BCUT2D eigenvalue weighted by Crippen LogP contribution is 2.25. The van der Waals surface area contributed by atoms with Crippen LogP contribution in [0, 0.1) is 27.7 Å². The summed E-state index contributed by atoms with van der Waals surface area (Å²) in [5.74, 6) is 0.365. The Morgan fingerprint density at radius 3 is 2.19 bits per heavy atom. The standard InChI is InChI=1S/C19H18O2/c1-11-5-6-16-15(9-11)10-17(21-16)19(20)18-13(3)7-12(2)8-14(18)4/h5-10H,1-4H3. The zero-order valence-electron chi connectivity index (χ0n) is 12.8. The van der Waals surface area contributed by atoms with E-state index in [4.69, 9.17) is 4.42 Å². The van der Waals surface area contributed by atoms with Crippen LogP contribution in [0.5, 0.6) is 0 Å². The molecule has 1 aromatic heterocycles. The highest BCUT2D eigenvalue weighted by Gasteiger charge is 2.19. The molecule has 0 aliphatic rings. The Balaban J connectivity index is 2.12. The maximum atomic E-state index is 12.8. The third-order valence-corrected chi connectivity index (χ3v) is 3.80. The smallest absolute Gasteiger partial charge is 0.228 e. The fraction of sp³-hybridized carbons (Fsp3) is 0.211. The Morgan fingerprint density at radius 1 is 0.857 bits per heavy atom. The van der Waals surface area contributed by atoms with Crippen molar-refractivity contribution in [2.75, 3.05) is 0 Å². The minimum atomic E-state index is -0.0427. The van der Waals surface area contributed by atoms with Crippen molar-refractivity contribution in [3.63, 3.8) is 0 Å². The van der Waals surface area contributed by atoms with Crippen molar-refractivity contribution in [3.8, 4) is 0 Å². The van der Waals surface area contributed by atoms with Crippen LogP contribution in [0.1, 0.15) is 38.4 Å². The van der Waals surface area contributed by atoms with Crippen LogP contribution in [0.2, 0.25) is 0 Å². The maximum Gasteiger partial charge on any atom is 0.228 e. The average Bonchev–Trinajstić information content (AvgIpc) is 2.80. The number of rotatable bonds is 2. The molecule has 0 aliphatic heterocycles. The van der Waals surface area contributed by atoms with Gasteiger partial charge in [-0.05, 0) is 57.0 Å². The number of fused-ring (bicyclic) bond motifs is 1. The van der Waals surface area contributed by atoms with Crippen LogP contribution < -0.4 is 0 Å². The summed E-state index contributed by atoms with van der Waals surface area (Å²) in [5.41, 5.74) is 5.82. The molecule has 0 N–H and O–H groups in total. The summed E-state index contributed by atoms with van der Waals surface area (Å²) < 4.78 is 5.73. The maximum absolute atomic E-state index is 12.8. The Hall–Kier alpha value is -2.35. The lowest BCUT2D eigenvalue weighted by atomic mass is 9.95. The number of hydrogen-bond donors (Lipinski definition) is 0. The number of carbonyl (C=O) groups is 1. The largest absolute Gasteiger partial charge is 0.453 e. The first-order valence-corrected chi connectivity index (χ1v) is 7.08. The number of benzene rings is 2. The van der Waals surface area contributed by atoms with Gasteiger partial charge < -0.3 is 4.42 Å². The molecule has 0 atom stereocenters. The molecule has 0 aliphatic carbocycles. The third-order valence-electron chi connectivity index (χ3n) is 3.80. The van der Waals surface area contributed by atoms with Gasteiger partial charge in [0.25, 0.3) is 0 Å². The Morgan fingerprint density at radius 2 is 1.52 bits per heavy atom. The number of carbonyl (C=O) groups excluding carboxylic acids is 1. The summed E-state index contributed by atoms with van der Waals surface area (Å²) in [6.45, 7) is 8.01. The van der Waals surface area contributed by atoms with Crippen LogP contribution >= 0.6 is 0 Å². The monoisotopic (exact) mass is 278 g/mol. The van der Waals surface area contributed by atoms with E-state index in [2.05, 4.69) is 0 Å². The van der Waals surface area contributed by atoms with Gasteiger partial charge in [-0.15, -0.1) is 0 Å². The van der Waals surface area contributed by atoms with Crippen LogP contribution in [0.15, 0.2) is 40.8 Å². The second-order valence-corrected chi connectivity index (χ2v) is 5.75. The van der Waals surface area contributed by atoms with Crippen LogP contribution in [0.3, 0.4) is 0 Å². The summed E-state index contributed by atoms with van der Waals surface area (Å²) in [6.07, 6.45) is 0. The second kappa shape index (κ2) is 4.88. The molecular weight excluding hydrogens is 260 g/mol. The van der Waals surface area contributed by atoms with Gasteiger partial charge >= 0.3 is 0 Å². The number of furan rings is 1. The zero-order chi connectivity index (χ0) is 15.1. The summed E-state index contributed by atoms with van der Waals surface area (Å²) in [7, 11) is 0. The Kier molecular flexibility index (Phi) is 3.17. The lowest BCUT2D eigenvalue weighted by Gasteiger charge is -2.08. The molecule has 0 bridgehead atoms. The lowest BCUT2D eigenvalue weighted by molar-refractivity contribution is 0.101. The van der Waals surface area contributed by atoms with E-state index in [1.54, 1.807) is 0 Å². The Labute approximate surface area is 124 Å². The first-order chi connectivity index (χ1) is 9.95. The summed E-state index contributed by atoms with van der Waals surface area (Å²) >= 11 is 0. The highest BCUT2D eigenvalue weighted by molar-refractivity contribution is 6.10. The van der Waals surface area contributed by atoms with Gasteiger partial charge in [0.05, 0.1) is 0 Å². The molecule has 3 aromatic rings. The van der Waals surface area contributed by atoms with E-state index in [0.29, 0.717) is 5.76 Å². The van der Waals surface area contributed by atoms with E-state index in [1.807, 2.05) is 64.1 Å². The van der Waals surface area contributed by atoms with Gasteiger partial charge in [-0.25, -0.2) is 0 Å². The number of hydrogen-bond acceptors (Lipinski definition) is 2. The van der Waals surface area contributed by atoms with Gasteiger partial charge in [-0.3, -0.25) is 4.79 Å². The molecule has 0 saturated carbocycles. The predicted octanol–water partition coefficient (Wildman–Crippen LogP) is 4.90. The highest BCUT2D eigenvalue weighted by atomic mass is 16.3. The molecule has 0 spiro atoms. The van der Waals surface area contributed by atoms with E-state index in [0.717, 1.165) is 33.2 Å². The second-order valence-electron chi connectivity index (χ2n) is 5.75. The molecule has 2 heteroatoms. The molecular formula is C19H18O2. The predicted molar refractivity (Wildman–Crippen MR) is 85.0 cm³/mol. The van der Waals surface area contributed by atoms with Crippen molar-refractivity contribution in [3.05, 3.63) is 70.0 Å². The lowest BCUT2D eigenvalue weighted by Crippen LogP contribution is -2.05. The van der Waals surface area contributed by atoms with E-state index >= 15 is 0 Å². The molecule has 0 amide bonds. The zero-order valence-corrected chi connectivity index (χ0v) is 12.8. The molecule has 0 radical (unpaired) electrons. The van der Waals surface area contributed by atoms with Gasteiger partial charge in [0.2, 0.25) is 5.78 Å². The van der Waals surface area contributed by atoms with Crippen LogP contribution in [0.4, 0.5) is 0 Å². The summed E-state index contributed by atoms with van der Waals surface area (Å²) in [6, 6.07) is 11.8. The Bertz CT molecular complexity index is 830. The molecule has 0 fully saturated rings. The minimum absolute atomic E-state index is 0.0427. The van der Waals surface area contributed by atoms with Crippen molar-refractivity contribution in [2.45, 2.75) is 27.7 Å². The minimum Gasteiger partial charge on any atom is -0.453 e. The summed E-state index contributed by atoms with van der Waals surface area (Å²) in [4.78, 5) is 12.8. The van der Waals surface area contributed by atoms with Crippen LogP contribution in [-0.2, 0) is 0 Å². The van der Waals surface area contributed by atoms with E-state index in [9.17, 15) is 4.79 Å². The van der Waals surface area contributed by atoms with Gasteiger partial charge in [-0.1, -0.05) is 29.3 Å². The topological polar surface area (TPSA) is 30.2 Å². The van der Waals surface area contributed by atoms with Crippen molar-refractivity contribution in [2.24, 2.45) is 0 Å². The fourth-order valence-corrected chi connectivity index (χ4v) is 2.94. The number of aryl methyl sites for hydroxylation is 4. The first kappa shape index (κ1) is 13.6. The van der Waals surface area contributed by atoms with Crippen molar-refractivity contribution < 1.29 is 9.21 Å². The van der Waals surface area contributed by atoms with Crippen molar-refractivity contribution in [1.82, 2.24) is 0 Å². The van der Waals surface area contributed by atoms with Gasteiger partial charge in [-0.2, -0.15) is 0 Å². The average molecular weight is 278 g/mol. The van der Waals surface area contributed by atoms with Gasteiger partial charge in [0.1, 0.15) is 5.58 Å². The van der Waals surface area contributed by atoms with E-state index in [-0.39, 0.29) is 5.78 Å². The van der Waals surface area contributed by atoms with Gasteiger partial charge in [0, 0.05) is 10.9 Å². The molecule has 2 aromatic carbocycles. The molecule has 21 heavy (non-hydrogen) atoms. The van der Waals surface area contributed by atoms with Gasteiger partial charge in [0.15, 0.2) is 5.76 Å².